The minimum Gasteiger partial charge on any atom is -0.477 e. The van der Waals surface area contributed by atoms with Gasteiger partial charge in [-0.15, -0.1) is 0 Å². The Morgan fingerprint density at radius 3 is 1.01 bits per heavy atom. The number of nitrogens with zero attached hydrogens (tertiary/aromatic N) is 1. The van der Waals surface area contributed by atoms with E-state index in [0.29, 0.717) is 17.4 Å². The SMILES string of the molecule is CC/C=C\C/C=C\C/C=C\C/C=C\C/C=C\C/C=C\C/C=C\C/C=C\CCCCCCCCCCCCCCCCC(=O)OC(COC(=O)CCCCCCC/C=C\C/C=C\C/C=C\CC)COC(OCC[N+](C)(C)C)C(=O)O. The predicted octanol–water partition coefficient (Wildman–Crippen LogP) is 19.0. The Bertz CT molecular complexity index is 1750. The summed E-state index contributed by atoms with van der Waals surface area (Å²) in [4.78, 5) is 37.4. The highest BCUT2D eigenvalue weighted by Crippen LogP contribution is 2.16. The topological polar surface area (TPSA) is 108 Å². The van der Waals surface area contributed by atoms with Gasteiger partial charge in [0.2, 0.25) is 0 Å². The number of unbranched alkanes of at least 4 members (excludes halogenated alkanes) is 19. The lowest BCUT2D eigenvalue weighted by molar-refractivity contribution is -0.870. The normalized spacial score (nSPS) is 13.7. The molecule has 0 radical (unpaired) electrons. The first-order valence-electron chi connectivity index (χ1n) is 31.3. The first-order chi connectivity index (χ1) is 38.6. The number of hydrogen-bond acceptors (Lipinski definition) is 7. The van der Waals surface area contributed by atoms with Crippen LogP contribution in [0.15, 0.2) is 134 Å². The quantitative estimate of drug-likeness (QED) is 0.0211. The molecule has 0 spiro atoms. The van der Waals surface area contributed by atoms with Crippen molar-refractivity contribution in [1.82, 2.24) is 0 Å². The molecule has 2 unspecified atom stereocenters. The average molecular weight is 1100 g/mol. The molecule has 0 amide bonds. The number of carbonyl (C=O) groups is 3. The van der Waals surface area contributed by atoms with Crippen molar-refractivity contribution in [2.24, 2.45) is 0 Å². The van der Waals surface area contributed by atoms with Crippen LogP contribution in [0.1, 0.15) is 232 Å². The van der Waals surface area contributed by atoms with Gasteiger partial charge < -0.3 is 28.5 Å². The summed E-state index contributed by atoms with van der Waals surface area (Å²) < 4.78 is 22.9. The van der Waals surface area contributed by atoms with E-state index in [2.05, 4.69) is 148 Å². The summed E-state index contributed by atoms with van der Waals surface area (Å²) in [6.07, 6.45) is 82.7. The number of quaternary nitrogens is 1. The van der Waals surface area contributed by atoms with Gasteiger partial charge in [-0.25, -0.2) is 4.79 Å². The van der Waals surface area contributed by atoms with E-state index in [-0.39, 0.29) is 38.6 Å². The number of carboxylic acids is 1. The van der Waals surface area contributed by atoms with Gasteiger partial charge in [0.25, 0.3) is 6.29 Å². The first-order valence-corrected chi connectivity index (χ1v) is 31.3. The molecule has 448 valence electrons. The van der Waals surface area contributed by atoms with E-state index in [9.17, 15) is 19.5 Å². The molecule has 0 aromatic heterocycles. The minimum atomic E-state index is -1.52. The molecular weight excluding hydrogens is 983 g/mol. The zero-order valence-corrected chi connectivity index (χ0v) is 51.0. The van der Waals surface area contributed by atoms with E-state index in [1.54, 1.807) is 0 Å². The number of rotatable bonds is 56. The minimum absolute atomic E-state index is 0.179. The van der Waals surface area contributed by atoms with E-state index in [1.165, 1.54) is 70.6 Å². The molecule has 1 N–H and O–H groups in total. The first kappa shape index (κ1) is 74.4. The van der Waals surface area contributed by atoms with Crippen LogP contribution in [0.5, 0.6) is 0 Å². The van der Waals surface area contributed by atoms with Crippen LogP contribution < -0.4 is 0 Å². The number of aliphatic carboxylic acids is 1. The maximum atomic E-state index is 12.9. The number of ether oxygens (including phenoxy) is 4. The van der Waals surface area contributed by atoms with Crippen LogP contribution in [0.25, 0.3) is 0 Å². The van der Waals surface area contributed by atoms with Gasteiger partial charge in [-0.1, -0.05) is 244 Å². The molecule has 79 heavy (non-hydrogen) atoms. The molecule has 9 nitrogen and oxygen atoms in total. The lowest BCUT2D eigenvalue weighted by Crippen LogP contribution is -2.40. The highest BCUT2D eigenvalue weighted by atomic mass is 16.7. The van der Waals surface area contributed by atoms with Crippen molar-refractivity contribution in [3.05, 3.63) is 134 Å². The molecule has 0 aliphatic rings. The Labute approximate surface area is 484 Å². The highest BCUT2D eigenvalue weighted by Gasteiger charge is 2.25. The van der Waals surface area contributed by atoms with Crippen LogP contribution >= 0.6 is 0 Å². The van der Waals surface area contributed by atoms with Gasteiger partial charge in [0.15, 0.2) is 6.10 Å². The second-order valence-corrected chi connectivity index (χ2v) is 21.6. The summed E-state index contributed by atoms with van der Waals surface area (Å²) in [5, 5.41) is 9.70. The smallest absolute Gasteiger partial charge is 0.361 e. The van der Waals surface area contributed by atoms with Gasteiger partial charge in [0.05, 0.1) is 34.4 Å². The lowest BCUT2D eigenvalue weighted by atomic mass is 10.0. The maximum absolute atomic E-state index is 12.9. The number of hydrogen-bond donors (Lipinski definition) is 1. The van der Waals surface area contributed by atoms with Gasteiger partial charge in [0, 0.05) is 12.8 Å². The van der Waals surface area contributed by atoms with Gasteiger partial charge in [-0.2, -0.15) is 0 Å². The number of likely N-dealkylation sites (N-methyl/N-ethyl adjacent to an activating group) is 1. The number of carboxylic acid groups (broad SMARTS) is 1. The van der Waals surface area contributed by atoms with Crippen LogP contribution in [-0.4, -0.2) is 87.4 Å². The molecule has 0 saturated carbocycles. The van der Waals surface area contributed by atoms with E-state index in [4.69, 9.17) is 18.9 Å². The number of allylic oxidation sites excluding steroid dienone is 22. The Morgan fingerprint density at radius 1 is 0.380 bits per heavy atom. The van der Waals surface area contributed by atoms with Gasteiger partial charge in [0.1, 0.15) is 13.2 Å². The van der Waals surface area contributed by atoms with Gasteiger partial charge in [-0.3, -0.25) is 9.59 Å². The Morgan fingerprint density at radius 2 is 0.684 bits per heavy atom. The van der Waals surface area contributed by atoms with E-state index in [1.807, 2.05) is 21.1 Å². The number of carbonyl (C=O) groups excluding carboxylic acids is 2. The standard InChI is InChI=1S/C70H115NO8/c1-6-8-10-12-14-16-18-20-22-23-24-25-26-27-28-29-30-31-32-33-34-35-36-37-38-39-40-41-42-43-44-45-47-49-51-53-55-57-59-61-68(73)79-66(65-78-70(69(74)75)76-63-62-71(3,4)5)64-77-67(72)60-58-56-54-52-50-48-46-21-19-17-15-13-11-9-7-2/h8-11,14-17,20-22,24-25,27-28,30-31,33-34,36-37,46,66,70H,6-7,12-13,18-19,23,26,29,32,35,38-45,47-65H2,1-5H3/p+1/b10-8-,11-9-,16-14-,17-15-,22-20-,25-24-,28-27-,31-30-,34-33-,37-36-,46-21-. The van der Waals surface area contributed by atoms with E-state index < -0.39 is 24.3 Å². The monoisotopic (exact) mass is 1100 g/mol. The lowest BCUT2D eigenvalue weighted by Gasteiger charge is -2.25. The van der Waals surface area contributed by atoms with Crippen LogP contribution in [0.2, 0.25) is 0 Å². The fraction of sp³-hybridized carbons (Fsp3) is 0.643. The molecule has 2 atom stereocenters. The predicted molar refractivity (Wildman–Crippen MR) is 336 cm³/mol. The molecule has 0 fully saturated rings. The molecule has 0 heterocycles. The molecule has 0 rings (SSSR count). The van der Waals surface area contributed by atoms with Crippen molar-refractivity contribution in [3.63, 3.8) is 0 Å². The third-order valence-electron chi connectivity index (χ3n) is 12.9. The molecule has 0 saturated heterocycles. The summed E-state index contributed by atoms with van der Waals surface area (Å²) in [7, 11) is 5.96. The van der Waals surface area contributed by atoms with Crippen molar-refractivity contribution in [2.75, 3.05) is 47.5 Å². The van der Waals surface area contributed by atoms with Crippen molar-refractivity contribution in [2.45, 2.75) is 245 Å². The highest BCUT2D eigenvalue weighted by molar-refractivity contribution is 5.71. The fourth-order valence-electron chi connectivity index (χ4n) is 8.16. The summed E-state index contributed by atoms with van der Waals surface area (Å²) in [5.74, 6) is -2.04. The molecular formula is C70H116NO8+. The molecule has 0 aromatic carbocycles. The number of esters is 2. The summed E-state index contributed by atoms with van der Waals surface area (Å²) in [6.45, 7) is 4.62. The van der Waals surface area contributed by atoms with Crippen molar-refractivity contribution in [3.8, 4) is 0 Å². The van der Waals surface area contributed by atoms with E-state index >= 15 is 0 Å². The average Bonchev–Trinajstić information content (AvgIpc) is 3.42. The van der Waals surface area contributed by atoms with Crippen LogP contribution in [-0.2, 0) is 33.3 Å². The molecule has 0 aliphatic carbocycles. The third kappa shape index (κ3) is 60.9. The largest absolute Gasteiger partial charge is 0.477 e. The van der Waals surface area contributed by atoms with Crippen molar-refractivity contribution < 1.29 is 42.9 Å². The summed E-state index contributed by atoms with van der Waals surface area (Å²) in [6, 6.07) is 0. The Hall–Kier alpha value is -4.57. The van der Waals surface area contributed by atoms with Gasteiger partial charge in [-0.05, 0) is 109 Å². The molecule has 0 bridgehead atoms. The second kappa shape index (κ2) is 59.5. The maximum Gasteiger partial charge on any atom is 0.361 e. The summed E-state index contributed by atoms with van der Waals surface area (Å²) >= 11 is 0. The fourth-order valence-corrected chi connectivity index (χ4v) is 8.16. The second-order valence-electron chi connectivity index (χ2n) is 21.6. The Kier molecular flexibility index (Phi) is 56.1. The summed E-state index contributed by atoms with van der Waals surface area (Å²) in [5.41, 5.74) is 0. The zero-order valence-electron chi connectivity index (χ0n) is 51.0. The van der Waals surface area contributed by atoms with Crippen LogP contribution in [0.4, 0.5) is 0 Å². The van der Waals surface area contributed by atoms with Crippen LogP contribution in [0, 0.1) is 0 Å². The molecule has 0 aromatic rings. The third-order valence-corrected chi connectivity index (χ3v) is 12.9. The zero-order chi connectivity index (χ0) is 57.6. The molecule has 0 aliphatic heterocycles. The Balaban J connectivity index is 4.11. The molecule has 9 heteroatoms. The van der Waals surface area contributed by atoms with Crippen molar-refractivity contribution >= 4 is 17.9 Å². The van der Waals surface area contributed by atoms with E-state index in [0.717, 1.165) is 128 Å². The van der Waals surface area contributed by atoms with Crippen LogP contribution in [0.3, 0.4) is 0 Å². The van der Waals surface area contributed by atoms with Gasteiger partial charge >= 0.3 is 17.9 Å². The van der Waals surface area contributed by atoms with Crippen molar-refractivity contribution in [1.29, 1.82) is 0 Å².